The molecule has 8 nitrogen and oxygen atoms in total. The van der Waals surface area contributed by atoms with Gasteiger partial charge in [-0.2, -0.15) is 0 Å². The van der Waals surface area contributed by atoms with Crippen molar-refractivity contribution in [1.29, 1.82) is 0 Å². The summed E-state index contributed by atoms with van der Waals surface area (Å²) in [6, 6.07) is -1.26. The van der Waals surface area contributed by atoms with Gasteiger partial charge in [-0.05, 0) is 115 Å². The maximum absolute atomic E-state index is 13.3. The number of aliphatic carboxylic acids is 2. The summed E-state index contributed by atoms with van der Waals surface area (Å²) < 4.78 is 5.94. The molecule has 3 aliphatic rings. The SMILES string of the molecule is Cc1c(C)c2c(c(C)c1OC(=O)C(CCC(=O)O)NC(=O)CC(=O)O)C[C@H]1C2(C)CCC2C(C)(C)CCC[C@@]21C. The molecule has 2 saturated carbocycles. The van der Waals surface area contributed by atoms with Gasteiger partial charge in [0.05, 0.1) is 0 Å². The minimum absolute atomic E-state index is 0.0466. The fourth-order valence-electron chi connectivity index (χ4n) is 9.05. The highest BCUT2D eigenvalue weighted by molar-refractivity contribution is 5.95. The second-order valence-corrected chi connectivity index (χ2v) is 13.7. The molecule has 0 aliphatic heterocycles. The van der Waals surface area contributed by atoms with Crippen LogP contribution < -0.4 is 10.1 Å². The lowest BCUT2D eigenvalue weighted by molar-refractivity contribution is -0.145. The predicted octanol–water partition coefficient (Wildman–Crippen LogP) is 5.40. The molecule has 3 N–H and O–H groups in total. The van der Waals surface area contributed by atoms with Gasteiger partial charge in [0.2, 0.25) is 5.91 Å². The van der Waals surface area contributed by atoms with Gasteiger partial charge < -0.3 is 20.3 Å². The molecule has 0 bridgehead atoms. The number of carbonyl (C=O) groups excluding carboxylic acids is 2. The predicted molar refractivity (Wildman–Crippen MR) is 150 cm³/mol. The zero-order valence-corrected chi connectivity index (χ0v) is 25.0. The number of benzene rings is 1. The highest BCUT2D eigenvalue weighted by atomic mass is 16.5. The van der Waals surface area contributed by atoms with Gasteiger partial charge in [-0.25, -0.2) is 4.79 Å². The van der Waals surface area contributed by atoms with Gasteiger partial charge in [0.25, 0.3) is 0 Å². The lowest BCUT2D eigenvalue weighted by atomic mass is 9.43. The van der Waals surface area contributed by atoms with Gasteiger partial charge in [0.15, 0.2) is 0 Å². The molecule has 0 heterocycles. The molecule has 0 radical (unpaired) electrons. The number of hydrogen-bond acceptors (Lipinski definition) is 5. The quantitative estimate of drug-likeness (QED) is 0.222. The summed E-state index contributed by atoms with van der Waals surface area (Å²) in [6.07, 6.45) is 5.65. The summed E-state index contributed by atoms with van der Waals surface area (Å²) in [5.41, 5.74) is 6.16. The second kappa shape index (κ2) is 10.5. The van der Waals surface area contributed by atoms with Crippen molar-refractivity contribution in [3.05, 3.63) is 27.8 Å². The first-order chi connectivity index (χ1) is 18.5. The van der Waals surface area contributed by atoms with Gasteiger partial charge in [0.1, 0.15) is 18.2 Å². The summed E-state index contributed by atoms with van der Waals surface area (Å²) in [7, 11) is 0. The van der Waals surface area contributed by atoms with E-state index in [0.717, 1.165) is 29.5 Å². The lowest BCUT2D eigenvalue weighted by Gasteiger charge is -2.61. The van der Waals surface area contributed by atoms with Crippen molar-refractivity contribution in [3.63, 3.8) is 0 Å². The number of nitrogens with one attached hydrogen (secondary N) is 1. The minimum Gasteiger partial charge on any atom is -0.481 e. The monoisotopic (exact) mass is 555 g/mol. The third kappa shape index (κ3) is 5.03. The van der Waals surface area contributed by atoms with Crippen LogP contribution in [0.2, 0.25) is 0 Å². The molecule has 2 fully saturated rings. The molecule has 3 aliphatic carbocycles. The van der Waals surface area contributed by atoms with Gasteiger partial charge in [-0.15, -0.1) is 0 Å². The van der Waals surface area contributed by atoms with Crippen molar-refractivity contribution < 1.29 is 34.1 Å². The largest absolute Gasteiger partial charge is 0.481 e. The highest BCUT2D eigenvalue weighted by Crippen LogP contribution is 2.68. The van der Waals surface area contributed by atoms with E-state index in [0.29, 0.717) is 23.0 Å². The fraction of sp³-hybridized carbons (Fsp3) is 0.688. The first kappa shape index (κ1) is 30.1. The molecular weight excluding hydrogens is 510 g/mol. The summed E-state index contributed by atoms with van der Waals surface area (Å²) in [5, 5.41) is 20.4. The standard InChI is InChI=1S/C32H45NO7/c1-17-18(2)28(40-29(39)21(9-10-25(35)36)33-24(34)16-26(37)38)19(3)20-15-23-31(6)13-8-12-30(4,5)22(31)11-14-32(23,7)27(17)20/h21-23H,8-16H2,1-7H3,(H,33,34)(H,35,36)(H,37,38)/t21?,22?,23-,31+,32?/m1/s1. The van der Waals surface area contributed by atoms with Crippen LogP contribution in [0.1, 0.15) is 107 Å². The minimum atomic E-state index is -1.34. The number of ether oxygens (including phenoxy) is 1. The lowest BCUT2D eigenvalue weighted by Crippen LogP contribution is -2.55. The van der Waals surface area contributed by atoms with Crippen molar-refractivity contribution in [2.75, 3.05) is 0 Å². The Morgan fingerprint density at radius 2 is 1.60 bits per heavy atom. The number of carbonyl (C=O) groups is 4. The Morgan fingerprint density at radius 3 is 2.23 bits per heavy atom. The maximum Gasteiger partial charge on any atom is 0.334 e. The Balaban J connectivity index is 1.68. The average Bonchev–Trinajstić information content (AvgIpc) is 3.16. The Morgan fingerprint density at radius 1 is 0.925 bits per heavy atom. The van der Waals surface area contributed by atoms with Crippen LogP contribution in [-0.2, 0) is 31.0 Å². The number of hydrogen-bond donors (Lipinski definition) is 3. The van der Waals surface area contributed by atoms with Crippen LogP contribution in [0.5, 0.6) is 5.75 Å². The molecule has 220 valence electrons. The van der Waals surface area contributed by atoms with E-state index in [1.165, 1.54) is 36.8 Å². The normalized spacial score (nSPS) is 29.0. The molecule has 5 atom stereocenters. The summed E-state index contributed by atoms with van der Waals surface area (Å²) in [5.74, 6) is -2.49. The molecule has 3 unspecified atom stereocenters. The van der Waals surface area contributed by atoms with Crippen LogP contribution in [-0.4, -0.2) is 40.1 Å². The summed E-state index contributed by atoms with van der Waals surface area (Å²) in [4.78, 5) is 47.6. The molecule has 1 aromatic rings. The highest BCUT2D eigenvalue weighted by Gasteiger charge is 2.61. The first-order valence-corrected chi connectivity index (χ1v) is 14.6. The third-order valence-corrected chi connectivity index (χ3v) is 10.9. The molecule has 4 rings (SSSR count). The van der Waals surface area contributed by atoms with E-state index in [1.54, 1.807) is 0 Å². The fourth-order valence-corrected chi connectivity index (χ4v) is 9.05. The van der Waals surface area contributed by atoms with Gasteiger partial charge in [-0.3, -0.25) is 14.4 Å². The summed E-state index contributed by atoms with van der Waals surface area (Å²) in [6.45, 7) is 15.9. The first-order valence-electron chi connectivity index (χ1n) is 14.6. The molecule has 1 amide bonds. The van der Waals surface area contributed by atoms with E-state index in [4.69, 9.17) is 14.9 Å². The molecular formula is C32H45NO7. The zero-order valence-electron chi connectivity index (χ0n) is 25.0. The smallest absolute Gasteiger partial charge is 0.334 e. The van der Waals surface area contributed by atoms with E-state index in [-0.39, 0.29) is 23.7 Å². The molecule has 0 spiro atoms. The van der Waals surface area contributed by atoms with Crippen molar-refractivity contribution in [1.82, 2.24) is 5.32 Å². The van der Waals surface area contributed by atoms with Crippen molar-refractivity contribution in [2.24, 2.45) is 22.7 Å². The topological polar surface area (TPSA) is 130 Å². The van der Waals surface area contributed by atoms with Crippen molar-refractivity contribution in [3.8, 4) is 5.75 Å². The Kier molecular flexibility index (Phi) is 7.89. The van der Waals surface area contributed by atoms with Crippen LogP contribution in [0.25, 0.3) is 0 Å². The van der Waals surface area contributed by atoms with Crippen LogP contribution >= 0.6 is 0 Å². The molecule has 1 aromatic carbocycles. The van der Waals surface area contributed by atoms with E-state index in [9.17, 15) is 19.2 Å². The van der Waals surface area contributed by atoms with Gasteiger partial charge >= 0.3 is 17.9 Å². The van der Waals surface area contributed by atoms with E-state index < -0.39 is 36.3 Å². The van der Waals surface area contributed by atoms with Crippen LogP contribution in [0.4, 0.5) is 0 Å². The number of amides is 1. The van der Waals surface area contributed by atoms with E-state index in [2.05, 4.69) is 39.9 Å². The molecule has 0 aromatic heterocycles. The zero-order chi connectivity index (χ0) is 29.8. The molecule has 8 heteroatoms. The van der Waals surface area contributed by atoms with Crippen molar-refractivity contribution >= 4 is 23.8 Å². The molecule has 40 heavy (non-hydrogen) atoms. The number of fused-ring (bicyclic) bond motifs is 5. The number of rotatable bonds is 8. The number of carboxylic acids is 2. The van der Waals surface area contributed by atoms with Crippen LogP contribution in [0.3, 0.4) is 0 Å². The summed E-state index contributed by atoms with van der Waals surface area (Å²) >= 11 is 0. The second-order valence-electron chi connectivity index (χ2n) is 13.7. The maximum atomic E-state index is 13.3. The van der Waals surface area contributed by atoms with Crippen LogP contribution in [0, 0.1) is 43.4 Å². The third-order valence-electron chi connectivity index (χ3n) is 10.9. The Labute approximate surface area is 237 Å². The van der Waals surface area contributed by atoms with Crippen LogP contribution in [0.15, 0.2) is 0 Å². The van der Waals surface area contributed by atoms with E-state index >= 15 is 0 Å². The molecule has 0 saturated heterocycles. The number of esters is 1. The Bertz CT molecular complexity index is 1250. The Hall–Kier alpha value is -2.90. The number of carboxylic acid groups (broad SMARTS) is 2. The van der Waals surface area contributed by atoms with Gasteiger partial charge in [-0.1, -0.05) is 34.1 Å². The van der Waals surface area contributed by atoms with E-state index in [1.807, 2.05) is 13.8 Å². The van der Waals surface area contributed by atoms with Gasteiger partial charge in [0, 0.05) is 6.42 Å². The van der Waals surface area contributed by atoms with Crippen molar-refractivity contribution in [2.45, 2.75) is 118 Å². The average molecular weight is 556 g/mol.